The summed E-state index contributed by atoms with van der Waals surface area (Å²) in [7, 11) is 0. The molecule has 3 heterocycles. The summed E-state index contributed by atoms with van der Waals surface area (Å²) in [6.07, 6.45) is 3.34. The van der Waals surface area contributed by atoms with Crippen LogP contribution in [0.15, 0.2) is 40.8 Å². The maximum Gasteiger partial charge on any atom is 0.275 e. The van der Waals surface area contributed by atoms with Gasteiger partial charge >= 0.3 is 0 Å². The van der Waals surface area contributed by atoms with E-state index in [2.05, 4.69) is 25.5 Å². The number of anilines is 1. The number of rotatable bonds is 5. The average Bonchev–Trinajstić information content (AvgIpc) is 3.42. The zero-order valence-electron chi connectivity index (χ0n) is 14.2. The Balaban J connectivity index is 0.00000225. The SMILES string of the molecule is Cl.NCc1c(F)ccc(NC(=O)c2csc(-c3cn[nH]c3)n2)c1-c1cscn1. The molecule has 0 bridgehead atoms. The van der Waals surface area contributed by atoms with E-state index in [-0.39, 0.29) is 24.6 Å². The lowest BCUT2D eigenvalue weighted by atomic mass is 10.0. The molecule has 7 nitrogen and oxygen atoms in total. The summed E-state index contributed by atoms with van der Waals surface area (Å²) < 4.78 is 14.2. The van der Waals surface area contributed by atoms with Crippen LogP contribution < -0.4 is 11.1 Å². The van der Waals surface area contributed by atoms with Crippen molar-refractivity contribution >= 4 is 46.7 Å². The van der Waals surface area contributed by atoms with E-state index in [4.69, 9.17) is 5.73 Å². The number of halogens is 2. The van der Waals surface area contributed by atoms with Gasteiger partial charge in [0.15, 0.2) is 0 Å². The van der Waals surface area contributed by atoms with Crippen molar-refractivity contribution in [3.05, 3.63) is 57.9 Å². The lowest BCUT2D eigenvalue weighted by molar-refractivity contribution is 0.102. The Morgan fingerprint density at radius 1 is 1.32 bits per heavy atom. The summed E-state index contributed by atoms with van der Waals surface area (Å²) in [6, 6.07) is 2.79. The zero-order valence-corrected chi connectivity index (χ0v) is 16.6. The molecule has 1 amide bonds. The number of nitrogens with zero attached hydrogens (tertiary/aromatic N) is 3. The number of aromatic nitrogens is 4. The molecule has 144 valence electrons. The highest BCUT2D eigenvalue weighted by atomic mass is 35.5. The van der Waals surface area contributed by atoms with Gasteiger partial charge in [-0.2, -0.15) is 5.10 Å². The average molecular weight is 437 g/mol. The van der Waals surface area contributed by atoms with Crippen molar-refractivity contribution in [2.75, 3.05) is 5.32 Å². The van der Waals surface area contributed by atoms with E-state index in [1.54, 1.807) is 28.7 Å². The van der Waals surface area contributed by atoms with Gasteiger partial charge in [0.2, 0.25) is 0 Å². The van der Waals surface area contributed by atoms with E-state index >= 15 is 0 Å². The van der Waals surface area contributed by atoms with Gasteiger partial charge in [-0.3, -0.25) is 9.89 Å². The number of thiazole rings is 2. The molecular weight excluding hydrogens is 423 g/mol. The minimum Gasteiger partial charge on any atom is -0.326 e. The van der Waals surface area contributed by atoms with Crippen molar-refractivity contribution in [2.45, 2.75) is 6.54 Å². The highest BCUT2D eigenvalue weighted by Gasteiger charge is 2.19. The van der Waals surface area contributed by atoms with E-state index < -0.39 is 11.7 Å². The van der Waals surface area contributed by atoms with Gasteiger partial charge in [0.1, 0.15) is 16.5 Å². The van der Waals surface area contributed by atoms with Crippen LogP contribution in [0.4, 0.5) is 10.1 Å². The summed E-state index contributed by atoms with van der Waals surface area (Å²) >= 11 is 2.71. The number of H-pyrrole nitrogens is 1. The van der Waals surface area contributed by atoms with Gasteiger partial charge in [0.25, 0.3) is 5.91 Å². The first-order chi connectivity index (χ1) is 13.2. The molecule has 0 aliphatic rings. The number of nitrogens with two attached hydrogens (primary N) is 1. The first kappa shape index (κ1) is 20.1. The number of hydrogen-bond donors (Lipinski definition) is 3. The summed E-state index contributed by atoms with van der Waals surface area (Å²) in [5.74, 6) is -0.832. The monoisotopic (exact) mass is 436 g/mol. The van der Waals surface area contributed by atoms with Crippen molar-refractivity contribution in [3.8, 4) is 21.8 Å². The molecule has 0 aliphatic carbocycles. The number of nitrogens with one attached hydrogen (secondary N) is 2. The molecule has 4 aromatic rings. The van der Waals surface area contributed by atoms with Crippen LogP contribution in [0.1, 0.15) is 16.1 Å². The number of aromatic amines is 1. The van der Waals surface area contributed by atoms with Crippen molar-refractivity contribution in [1.82, 2.24) is 20.2 Å². The first-order valence-electron chi connectivity index (χ1n) is 7.83. The van der Waals surface area contributed by atoms with Crippen LogP contribution in [0.5, 0.6) is 0 Å². The smallest absolute Gasteiger partial charge is 0.275 e. The fourth-order valence-corrected chi connectivity index (χ4v) is 3.94. The lowest BCUT2D eigenvalue weighted by Gasteiger charge is -2.14. The standard InChI is InChI=1S/C17H13FN6OS2.ClH/c18-11-1-2-12(15(10(11)3-19)13-6-26-8-20-13)23-16(25)14-7-27-17(24-14)9-4-21-22-5-9;/h1-2,4-8H,3,19H2,(H,21,22)(H,23,25);1H. The van der Waals surface area contributed by atoms with Crippen LogP contribution in [-0.4, -0.2) is 26.1 Å². The Hall–Kier alpha value is -2.66. The van der Waals surface area contributed by atoms with Crippen molar-refractivity contribution in [1.29, 1.82) is 0 Å². The number of hydrogen-bond acceptors (Lipinski definition) is 7. The number of benzene rings is 1. The van der Waals surface area contributed by atoms with Crippen LogP contribution in [0, 0.1) is 5.82 Å². The predicted molar refractivity (Wildman–Crippen MR) is 110 cm³/mol. The van der Waals surface area contributed by atoms with E-state index in [9.17, 15) is 9.18 Å². The second-order valence-electron chi connectivity index (χ2n) is 5.51. The summed E-state index contributed by atoms with van der Waals surface area (Å²) in [6.45, 7) is -0.0102. The van der Waals surface area contributed by atoms with Gasteiger partial charge in [-0.25, -0.2) is 14.4 Å². The van der Waals surface area contributed by atoms with Gasteiger partial charge in [0, 0.05) is 40.2 Å². The molecule has 0 spiro atoms. The van der Waals surface area contributed by atoms with Gasteiger partial charge < -0.3 is 11.1 Å². The van der Waals surface area contributed by atoms with Crippen LogP contribution in [0.2, 0.25) is 0 Å². The van der Waals surface area contributed by atoms with Crippen LogP contribution in [0.3, 0.4) is 0 Å². The van der Waals surface area contributed by atoms with Crippen LogP contribution >= 0.6 is 35.1 Å². The topological polar surface area (TPSA) is 110 Å². The van der Waals surface area contributed by atoms with Gasteiger partial charge in [-0.15, -0.1) is 35.1 Å². The maximum atomic E-state index is 14.2. The Labute approximate surface area is 173 Å². The van der Waals surface area contributed by atoms with Crippen LogP contribution in [0.25, 0.3) is 21.8 Å². The molecule has 0 aliphatic heterocycles. The third-order valence-electron chi connectivity index (χ3n) is 3.88. The summed E-state index contributed by atoms with van der Waals surface area (Å²) in [5.41, 5.74) is 10.2. The predicted octanol–water partition coefficient (Wildman–Crippen LogP) is 3.93. The molecule has 0 saturated carbocycles. The van der Waals surface area contributed by atoms with E-state index in [0.717, 1.165) is 5.56 Å². The van der Waals surface area contributed by atoms with Crippen LogP contribution in [-0.2, 0) is 6.54 Å². The quantitative estimate of drug-likeness (QED) is 0.439. The van der Waals surface area contributed by atoms with Gasteiger partial charge in [0.05, 0.1) is 23.1 Å². The first-order valence-corrected chi connectivity index (χ1v) is 9.65. The molecule has 1 aromatic carbocycles. The van der Waals surface area contributed by atoms with E-state index in [0.29, 0.717) is 27.5 Å². The fourth-order valence-electron chi connectivity index (χ4n) is 2.62. The van der Waals surface area contributed by atoms with E-state index in [1.165, 1.54) is 34.8 Å². The molecule has 3 aromatic heterocycles. The molecule has 0 fully saturated rings. The highest BCUT2D eigenvalue weighted by Crippen LogP contribution is 2.33. The Morgan fingerprint density at radius 3 is 2.86 bits per heavy atom. The third kappa shape index (κ3) is 3.80. The molecule has 0 saturated heterocycles. The number of carbonyl (C=O) groups excluding carboxylic acids is 1. The number of carbonyl (C=O) groups is 1. The molecule has 0 radical (unpaired) electrons. The minimum atomic E-state index is -0.436. The number of amides is 1. The largest absolute Gasteiger partial charge is 0.326 e. The van der Waals surface area contributed by atoms with Gasteiger partial charge in [-0.05, 0) is 12.1 Å². The molecule has 4 N–H and O–H groups in total. The third-order valence-corrected chi connectivity index (χ3v) is 5.36. The van der Waals surface area contributed by atoms with Gasteiger partial charge in [-0.1, -0.05) is 0 Å². The summed E-state index contributed by atoms with van der Waals surface area (Å²) in [5, 5.41) is 13.5. The Bertz CT molecular complexity index is 1080. The van der Waals surface area contributed by atoms with Crippen molar-refractivity contribution < 1.29 is 9.18 Å². The molecule has 4 rings (SSSR count). The molecule has 11 heteroatoms. The molecule has 0 atom stereocenters. The lowest BCUT2D eigenvalue weighted by Crippen LogP contribution is -2.15. The molecular formula is C17H14ClFN6OS2. The normalized spacial score (nSPS) is 10.5. The second kappa shape index (κ2) is 8.57. The molecule has 0 unspecified atom stereocenters. The Kier molecular flexibility index (Phi) is 6.15. The van der Waals surface area contributed by atoms with Crippen molar-refractivity contribution in [2.24, 2.45) is 5.73 Å². The second-order valence-corrected chi connectivity index (χ2v) is 7.08. The zero-order chi connectivity index (χ0) is 18.8. The Morgan fingerprint density at radius 2 is 2.18 bits per heavy atom. The van der Waals surface area contributed by atoms with E-state index in [1.807, 2.05) is 0 Å². The van der Waals surface area contributed by atoms with Crippen molar-refractivity contribution in [3.63, 3.8) is 0 Å². The summed E-state index contributed by atoms with van der Waals surface area (Å²) in [4.78, 5) is 21.2. The minimum absolute atomic E-state index is 0. The maximum absolute atomic E-state index is 14.2. The fraction of sp³-hybridized carbons (Fsp3) is 0.0588. The highest BCUT2D eigenvalue weighted by molar-refractivity contribution is 7.13. The molecule has 28 heavy (non-hydrogen) atoms.